The minimum Gasteiger partial charge on any atom is -0.486 e. The summed E-state index contributed by atoms with van der Waals surface area (Å²) in [5.74, 6) is 0.625. The fourth-order valence-corrected chi connectivity index (χ4v) is 1.81. The second-order valence-corrected chi connectivity index (χ2v) is 4.10. The molecule has 2 aromatic rings. The van der Waals surface area contributed by atoms with Crippen LogP contribution in [0.25, 0.3) is 0 Å². The number of hydrogen-bond donors (Lipinski definition) is 2. The minimum absolute atomic E-state index is 0.00902. The van der Waals surface area contributed by atoms with Crippen LogP contribution in [0.2, 0.25) is 0 Å². The fourth-order valence-electron chi connectivity index (χ4n) is 1.28. The van der Waals surface area contributed by atoms with E-state index in [-0.39, 0.29) is 5.84 Å². The van der Waals surface area contributed by atoms with E-state index in [9.17, 15) is 0 Å². The molecule has 4 nitrogen and oxygen atoms in total. The molecule has 0 aliphatic carbocycles. The zero-order chi connectivity index (χ0) is 11.4. The van der Waals surface area contributed by atoms with Crippen molar-refractivity contribution in [1.29, 1.82) is 5.41 Å². The van der Waals surface area contributed by atoms with E-state index in [1.807, 2.05) is 17.5 Å². The Morgan fingerprint density at radius 2 is 2.25 bits per heavy atom. The number of hydrogen-bond acceptors (Lipinski definition) is 4. The van der Waals surface area contributed by atoms with E-state index >= 15 is 0 Å². The van der Waals surface area contributed by atoms with E-state index in [4.69, 9.17) is 15.9 Å². The van der Waals surface area contributed by atoms with Gasteiger partial charge in [0.05, 0.1) is 5.56 Å². The third-order valence-corrected chi connectivity index (χ3v) is 2.76. The fraction of sp³-hybridized carbons (Fsp3) is 0.0909. The van der Waals surface area contributed by atoms with Gasteiger partial charge in [0, 0.05) is 11.6 Å². The summed E-state index contributed by atoms with van der Waals surface area (Å²) in [6.07, 6.45) is 1.74. The Labute approximate surface area is 97.2 Å². The molecule has 1 aromatic carbocycles. The summed E-state index contributed by atoms with van der Waals surface area (Å²) in [6, 6.07) is 7.24. The first kappa shape index (κ1) is 10.6. The van der Waals surface area contributed by atoms with E-state index in [1.165, 1.54) is 11.3 Å². The van der Waals surface area contributed by atoms with Crippen molar-refractivity contribution in [1.82, 2.24) is 4.98 Å². The highest BCUT2D eigenvalue weighted by molar-refractivity contribution is 7.09. The summed E-state index contributed by atoms with van der Waals surface area (Å²) in [5.41, 5.74) is 6.06. The van der Waals surface area contributed by atoms with E-state index in [2.05, 4.69) is 4.98 Å². The Balaban J connectivity index is 2.12. The first-order valence-electron chi connectivity index (χ1n) is 4.72. The van der Waals surface area contributed by atoms with Crippen LogP contribution in [0.1, 0.15) is 10.6 Å². The lowest BCUT2D eigenvalue weighted by Gasteiger charge is -2.08. The molecule has 16 heavy (non-hydrogen) atoms. The van der Waals surface area contributed by atoms with Crippen LogP contribution in [0.3, 0.4) is 0 Å². The summed E-state index contributed by atoms with van der Waals surface area (Å²) in [6.45, 7) is 0.405. The Morgan fingerprint density at radius 3 is 2.94 bits per heavy atom. The molecule has 0 fully saturated rings. The number of nitrogens with one attached hydrogen (secondary N) is 1. The topological polar surface area (TPSA) is 72.0 Å². The van der Waals surface area contributed by atoms with E-state index in [0.717, 1.165) is 5.01 Å². The van der Waals surface area contributed by atoms with Crippen molar-refractivity contribution < 1.29 is 4.74 Å². The molecule has 0 spiro atoms. The molecule has 0 amide bonds. The van der Waals surface area contributed by atoms with Crippen LogP contribution in [-0.4, -0.2) is 10.8 Å². The molecule has 0 saturated heterocycles. The van der Waals surface area contributed by atoms with Crippen LogP contribution >= 0.6 is 11.3 Å². The van der Waals surface area contributed by atoms with Crippen LogP contribution in [0.15, 0.2) is 35.8 Å². The Morgan fingerprint density at radius 1 is 1.44 bits per heavy atom. The maximum atomic E-state index is 7.41. The second-order valence-electron chi connectivity index (χ2n) is 3.12. The highest BCUT2D eigenvalue weighted by Crippen LogP contribution is 2.19. The van der Waals surface area contributed by atoms with E-state index in [0.29, 0.717) is 17.9 Å². The number of amidine groups is 1. The predicted octanol–water partition coefficient (Wildman–Crippen LogP) is 2.01. The first-order valence-corrected chi connectivity index (χ1v) is 5.60. The molecule has 0 saturated carbocycles. The molecule has 0 bridgehead atoms. The largest absolute Gasteiger partial charge is 0.486 e. The standard InChI is InChI=1S/C11H11N3OS/c12-11(13)8-3-1-2-4-9(8)15-7-10-14-5-6-16-10/h1-6H,7H2,(H3,12,13). The van der Waals surface area contributed by atoms with E-state index < -0.39 is 0 Å². The van der Waals surface area contributed by atoms with Crippen molar-refractivity contribution in [3.63, 3.8) is 0 Å². The molecule has 5 heteroatoms. The van der Waals surface area contributed by atoms with Crippen molar-refractivity contribution in [2.45, 2.75) is 6.61 Å². The number of thiazole rings is 1. The molecule has 1 heterocycles. The Bertz CT molecular complexity index is 482. The quantitative estimate of drug-likeness (QED) is 0.626. The molecule has 0 atom stereocenters. The molecule has 0 aliphatic heterocycles. The smallest absolute Gasteiger partial charge is 0.140 e. The molecule has 82 valence electrons. The van der Waals surface area contributed by atoms with Gasteiger partial charge in [-0.05, 0) is 12.1 Å². The van der Waals surface area contributed by atoms with Gasteiger partial charge in [-0.25, -0.2) is 4.98 Å². The summed E-state index contributed by atoms with van der Waals surface area (Å²) in [7, 11) is 0. The molecule has 0 radical (unpaired) electrons. The minimum atomic E-state index is 0.00902. The molecular weight excluding hydrogens is 222 g/mol. The zero-order valence-corrected chi connectivity index (χ0v) is 9.33. The number of rotatable bonds is 4. The van der Waals surface area contributed by atoms with Gasteiger partial charge in [0.2, 0.25) is 0 Å². The molecule has 3 N–H and O–H groups in total. The average molecular weight is 233 g/mol. The molecule has 2 rings (SSSR count). The first-order chi connectivity index (χ1) is 7.77. The summed E-state index contributed by atoms with van der Waals surface area (Å²) in [5, 5.41) is 10.2. The molecule has 0 unspecified atom stereocenters. The van der Waals surface area contributed by atoms with Crippen molar-refractivity contribution >= 4 is 17.2 Å². The van der Waals surface area contributed by atoms with Gasteiger partial charge < -0.3 is 10.5 Å². The number of nitrogen functional groups attached to an aromatic ring is 1. The molecule has 1 aromatic heterocycles. The maximum Gasteiger partial charge on any atom is 0.140 e. The molecular formula is C11H11N3OS. The Kier molecular flexibility index (Phi) is 3.16. The lowest BCUT2D eigenvalue weighted by molar-refractivity contribution is 0.305. The van der Waals surface area contributed by atoms with Crippen molar-refractivity contribution in [3.8, 4) is 5.75 Å². The second kappa shape index (κ2) is 4.76. The zero-order valence-electron chi connectivity index (χ0n) is 8.51. The number of nitrogens with zero attached hydrogens (tertiary/aromatic N) is 1. The van der Waals surface area contributed by atoms with Crippen LogP contribution in [0.4, 0.5) is 0 Å². The number of ether oxygens (including phenoxy) is 1. The lowest BCUT2D eigenvalue weighted by Crippen LogP contribution is -2.12. The number of para-hydroxylation sites is 1. The number of aromatic nitrogens is 1. The SMILES string of the molecule is N=C(N)c1ccccc1OCc1nccs1. The predicted molar refractivity (Wildman–Crippen MR) is 63.9 cm³/mol. The third kappa shape index (κ3) is 2.38. The van der Waals surface area contributed by atoms with Gasteiger partial charge in [-0.1, -0.05) is 12.1 Å². The average Bonchev–Trinajstić information content (AvgIpc) is 2.79. The lowest BCUT2D eigenvalue weighted by atomic mass is 10.2. The van der Waals surface area contributed by atoms with Crippen LogP contribution in [-0.2, 0) is 6.61 Å². The monoisotopic (exact) mass is 233 g/mol. The van der Waals surface area contributed by atoms with Crippen LogP contribution in [0.5, 0.6) is 5.75 Å². The summed E-state index contributed by atoms with van der Waals surface area (Å²) >= 11 is 1.54. The van der Waals surface area contributed by atoms with Crippen molar-refractivity contribution in [2.24, 2.45) is 5.73 Å². The molecule has 0 aliphatic rings. The van der Waals surface area contributed by atoms with E-state index in [1.54, 1.807) is 18.3 Å². The highest BCUT2D eigenvalue weighted by Gasteiger charge is 2.06. The summed E-state index contributed by atoms with van der Waals surface area (Å²) < 4.78 is 5.57. The third-order valence-electron chi connectivity index (χ3n) is 2.01. The van der Waals surface area contributed by atoms with Gasteiger partial charge >= 0.3 is 0 Å². The normalized spacial score (nSPS) is 10.0. The van der Waals surface area contributed by atoms with Gasteiger partial charge in [0.15, 0.2) is 0 Å². The van der Waals surface area contributed by atoms with Crippen LogP contribution in [0, 0.1) is 5.41 Å². The Hall–Kier alpha value is -1.88. The number of benzene rings is 1. The van der Waals surface area contributed by atoms with Gasteiger partial charge in [0.25, 0.3) is 0 Å². The highest BCUT2D eigenvalue weighted by atomic mass is 32.1. The maximum absolute atomic E-state index is 7.41. The van der Waals surface area contributed by atoms with Gasteiger partial charge in [-0.3, -0.25) is 5.41 Å². The van der Waals surface area contributed by atoms with Crippen LogP contribution < -0.4 is 10.5 Å². The van der Waals surface area contributed by atoms with Gasteiger partial charge in [-0.2, -0.15) is 0 Å². The summed E-state index contributed by atoms with van der Waals surface area (Å²) in [4.78, 5) is 4.11. The van der Waals surface area contributed by atoms with Crippen molar-refractivity contribution in [3.05, 3.63) is 46.4 Å². The van der Waals surface area contributed by atoms with Gasteiger partial charge in [0.1, 0.15) is 23.2 Å². The van der Waals surface area contributed by atoms with Gasteiger partial charge in [-0.15, -0.1) is 11.3 Å². The number of nitrogens with two attached hydrogens (primary N) is 1. The van der Waals surface area contributed by atoms with Crippen molar-refractivity contribution in [2.75, 3.05) is 0 Å².